The lowest BCUT2D eigenvalue weighted by molar-refractivity contribution is -0.116. The first kappa shape index (κ1) is 20.4. The zero-order chi connectivity index (χ0) is 20.9. The van der Waals surface area contributed by atoms with E-state index in [1.165, 1.54) is 41.7 Å². The minimum atomic E-state index is -0.0453. The second-order valence-corrected chi connectivity index (χ2v) is 8.32. The number of aryl methyl sites for hydroxylation is 3. The Labute approximate surface area is 181 Å². The highest BCUT2D eigenvalue weighted by atomic mass is 32.1. The summed E-state index contributed by atoms with van der Waals surface area (Å²) in [7, 11) is 3.22. The minimum Gasteiger partial charge on any atom is -0.493 e. The number of nitrogens with one attached hydrogen (secondary N) is 1. The number of aromatic nitrogens is 1. The van der Waals surface area contributed by atoms with Gasteiger partial charge in [-0.2, -0.15) is 0 Å². The summed E-state index contributed by atoms with van der Waals surface area (Å²) in [6, 6.07) is 12.3. The lowest BCUT2D eigenvalue weighted by atomic mass is 9.90. The summed E-state index contributed by atoms with van der Waals surface area (Å²) in [5.74, 6) is 1.31. The van der Waals surface area contributed by atoms with Crippen molar-refractivity contribution >= 4 is 22.4 Å². The molecular weight excluding hydrogens is 396 g/mol. The number of carbonyl (C=O) groups excluding carboxylic acids is 1. The summed E-state index contributed by atoms with van der Waals surface area (Å²) >= 11 is 1.46. The third kappa shape index (κ3) is 4.65. The fourth-order valence-electron chi connectivity index (χ4n) is 3.83. The van der Waals surface area contributed by atoms with E-state index in [4.69, 9.17) is 9.47 Å². The summed E-state index contributed by atoms with van der Waals surface area (Å²) in [6.07, 6.45) is 5.86. The van der Waals surface area contributed by atoms with Crippen LogP contribution in [-0.4, -0.2) is 25.1 Å². The smallest absolute Gasteiger partial charge is 0.226 e. The van der Waals surface area contributed by atoms with Gasteiger partial charge in [0, 0.05) is 17.4 Å². The van der Waals surface area contributed by atoms with Crippen LogP contribution in [0.1, 0.15) is 36.0 Å². The number of hydrogen-bond donors (Lipinski definition) is 1. The Morgan fingerprint density at radius 3 is 2.63 bits per heavy atom. The molecule has 0 spiro atoms. The third-order valence-corrected chi connectivity index (χ3v) is 6.24. The van der Waals surface area contributed by atoms with E-state index < -0.39 is 0 Å². The van der Waals surface area contributed by atoms with Crippen LogP contribution < -0.4 is 14.8 Å². The Bertz CT molecular complexity index is 1040. The highest BCUT2D eigenvalue weighted by Crippen LogP contribution is 2.30. The summed E-state index contributed by atoms with van der Waals surface area (Å²) in [4.78, 5) is 17.0. The molecule has 0 fully saturated rings. The molecule has 156 valence electrons. The van der Waals surface area contributed by atoms with Gasteiger partial charge in [0.25, 0.3) is 0 Å². The topological polar surface area (TPSA) is 60.5 Å². The van der Waals surface area contributed by atoms with Crippen molar-refractivity contribution in [3.05, 3.63) is 58.5 Å². The number of fused-ring (bicyclic) bond motifs is 1. The molecule has 1 amide bonds. The number of anilines is 1. The van der Waals surface area contributed by atoms with Crippen molar-refractivity contribution in [2.24, 2.45) is 0 Å². The van der Waals surface area contributed by atoms with E-state index in [0.29, 0.717) is 29.5 Å². The summed E-state index contributed by atoms with van der Waals surface area (Å²) in [6.45, 7) is 0. The SMILES string of the molecule is COc1ccc(CCC(=O)Nc2nc(-c3ccc4c(c3)CCCC4)cs2)cc1OC. The number of methoxy groups -OCH3 is 2. The largest absolute Gasteiger partial charge is 0.493 e. The number of amides is 1. The van der Waals surface area contributed by atoms with Crippen LogP contribution in [0, 0.1) is 0 Å². The first-order valence-electron chi connectivity index (χ1n) is 10.2. The quantitative estimate of drug-likeness (QED) is 0.563. The predicted octanol–water partition coefficient (Wildman–Crippen LogP) is 5.28. The number of nitrogens with zero attached hydrogens (tertiary/aromatic N) is 1. The Kier molecular flexibility index (Phi) is 6.33. The number of carbonyl (C=O) groups is 1. The normalized spacial score (nSPS) is 12.9. The molecule has 0 radical (unpaired) electrons. The molecule has 30 heavy (non-hydrogen) atoms. The molecule has 0 aliphatic heterocycles. The maximum absolute atomic E-state index is 12.4. The van der Waals surface area contributed by atoms with Gasteiger partial charge < -0.3 is 14.8 Å². The molecular formula is C24H26N2O3S. The van der Waals surface area contributed by atoms with Crippen molar-refractivity contribution < 1.29 is 14.3 Å². The second kappa shape index (κ2) is 9.30. The number of benzene rings is 2. The summed E-state index contributed by atoms with van der Waals surface area (Å²) in [5, 5.41) is 5.58. The van der Waals surface area contributed by atoms with Crippen molar-refractivity contribution in [1.82, 2.24) is 4.98 Å². The van der Waals surface area contributed by atoms with Gasteiger partial charge in [-0.25, -0.2) is 4.98 Å². The molecule has 0 atom stereocenters. The van der Waals surface area contributed by atoms with E-state index in [2.05, 4.69) is 28.5 Å². The zero-order valence-electron chi connectivity index (χ0n) is 17.4. The molecule has 3 aromatic rings. The fourth-order valence-corrected chi connectivity index (χ4v) is 4.57. The minimum absolute atomic E-state index is 0.0453. The van der Waals surface area contributed by atoms with Gasteiger partial charge in [-0.15, -0.1) is 11.3 Å². The van der Waals surface area contributed by atoms with Crippen LogP contribution in [0.5, 0.6) is 11.5 Å². The lowest BCUT2D eigenvalue weighted by Crippen LogP contribution is -2.12. The number of hydrogen-bond acceptors (Lipinski definition) is 5. The van der Waals surface area contributed by atoms with E-state index >= 15 is 0 Å². The summed E-state index contributed by atoms with van der Waals surface area (Å²) in [5.41, 5.74) is 5.97. The van der Waals surface area contributed by atoms with Crippen LogP contribution in [-0.2, 0) is 24.1 Å². The van der Waals surface area contributed by atoms with Gasteiger partial charge in [0.2, 0.25) is 5.91 Å². The first-order valence-corrected chi connectivity index (χ1v) is 11.1. The van der Waals surface area contributed by atoms with E-state index in [1.807, 2.05) is 23.6 Å². The zero-order valence-corrected chi connectivity index (χ0v) is 18.2. The van der Waals surface area contributed by atoms with Crippen molar-refractivity contribution in [2.75, 3.05) is 19.5 Å². The average Bonchev–Trinajstić information content (AvgIpc) is 3.25. The molecule has 1 N–H and O–H groups in total. The Morgan fingerprint density at radius 1 is 1.03 bits per heavy atom. The molecule has 1 aromatic heterocycles. The highest BCUT2D eigenvalue weighted by Gasteiger charge is 2.13. The van der Waals surface area contributed by atoms with Crippen LogP contribution in [0.3, 0.4) is 0 Å². The van der Waals surface area contributed by atoms with Gasteiger partial charge in [-0.1, -0.05) is 18.2 Å². The molecule has 4 rings (SSSR count). The Balaban J connectivity index is 1.36. The van der Waals surface area contributed by atoms with Gasteiger partial charge in [0.15, 0.2) is 16.6 Å². The van der Waals surface area contributed by atoms with E-state index in [1.54, 1.807) is 14.2 Å². The molecule has 1 aliphatic rings. The van der Waals surface area contributed by atoms with Crippen molar-refractivity contribution in [3.63, 3.8) is 0 Å². The monoisotopic (exact) mass is 422 g/mol. The molecule has 5 nitrogen and oxygen atoms in total. The Hall–Kier alpha value is -2.86. The second-order valence-electron chi connectivity index (χ2n) is 7.47. The molecule has 1 heterocycles. The van der Waals surface area contributed by atoms with Crippen LogP contribution in [0.4, 0.5) is 5.13 Å². The number of ether oxygens (including phenoxy) is 2. The maximum atomic E-state index is 12.4. The molecule has 1 aliphatic carbocycles. The fraction of sp³-hybridized carbons (Fsp3) is 0.333. The number of thiazole rings is 1. The van der Waals surface area contributed by atoms with Gasteiger partial charge >= 0.3 is 0 Å². The molecule has 2 aromatic carbocycles. The number of rotatable bonds is 7. The highest BCUT2D eigenvalue weighted by molar-refractivity contribution is 7.14. The molecule has 0 unspecified atom stereocenters. The van der Waals surface area contributed by atoms with E-state index in [0.717, 1.165) is 23.2 Å². The molecule has 0 saturated heterocycles. The van der Waals surface area contributed by atoms with Crippen LogP contribution >= 0.6 is 11.3 Å². The maximum Gasteiger partial charge on any atom is 0.226 e. The van der Waals surface area contributed by atoms with Crippen LogP contribution in [0.15, 0.2) is 41.8 Å². The molecule has 6 heteroatoms. The first-order chi connectivity index (χ1) is 14.7. The van der Waals surface area contributed by atoms with Gasteiger partial charge in [0.1, 0.15) is 0 Å². The van der Waals surface area contributed by atoms with Crippen LogP contribution in [0.25, 0.3) is 11.3 Å². The standard InChI is InChI=1S/C24H26N2O3S/c1-28-21-11-7-16(13-22(21)29-2)8-12-23(27)26-24-25-20(15-30-24)19-10-9-17-5-3-4-6-18(17)14-19/h7,9-11,13-15H,3-6,8,12H2,1-2H3,(H,25,26,27). The van der Waals surface area contributed by atoms with Crippen LogP contribution in [0.2, 0.25) is 0 Å². The third-order valence-electron chi connectivity index (χ3n) is 5.48. The van der Waals surface area contributed by atoms with Crippen molar-refractivity contribution in [3.8, 4) is 22.8 Å². The van der Waals surface area contributed by atoms with Crippen molar-refractivity contribution in [2.45, 2.75) is 38.5 Å². The summed E-state index contributed by atoms with van der Waals surface area (Å²) < 4.78 is 10.6. The van der Waals surface area contributed by atoms with Gasteiger partial charge in [-0.3, -0.25) is 4.79 Å². The molecule has 0 bridgehead atoms. The predicted molar refractivity (Wildman–Crippen MR) is 121 cm³/mol. The van der Waals surface area contributed by atoms with Gasteiger partial charge in [-0.05, 0) is 67.0 Å². The van der Waals surface area contributed by atoms with Gasteiger partial charge in [0.05, 0.1) is 19.9 Å². The average molecular weight is 423 g/mol. The van der Waals surface area contributed by atoms with Crippen molar-refractivity contribution in [1.29, 1.82) is 0 Å². The molecule has 0 saturated carbocycles. The Morgan fingerprint density at radius 2 is 1.83 bits per heavy atom. The lowest BCUT2D eigenvalue weighted by Gasteiger charge is -2.16. The van der Waals surface area contributed by atoms with E-state index in [-0.39, 0.29) is 5.91 Å². The van der Waals surface area contributed by atoms with E-state index in [9.17, 15) is 4.79 Å².